The maximum Gasteiger partial charge on any atom is 0.248 e. The van der Waals surface area contributed by atoms with Crippen LogP contribution < -0.4 is 21.5 Å². The highest BCUT2D eigenvalue weighted by Gasteiger charge is 2.22. The van der Waals surface area contributed by atoms with Crippen molar-refractivity contribution >= 4 is 29.1 Å². The summed E-state index contributed by atoms with van der Waals surface area (Å²) in [6, 6.07) is 17.2. The first-order chi connectivity index (χ1) is 15.4. The molecule has 0 unspecified atom stereocenters. The van der Waals surface area contributed by atoms with Crippen molar-refractivity contribution in [1.82, 2.24) is 0 Å². The van der Waals surface area contributed by atoms with E-state index < -0.39 is 11.8 Å². The van der Waals surface area contributed by atoms with Gasteiger partial charge in [-0.2, -0.15) is 0 Å². The largest absolute Gasteiger partial charge is 0.496 e. The fourth-order valence-corrected chi connectivity index (χ4v) is 3.58. The molecule has 0 atom stereocenters. The van der Waals surface area contributed by atoms with Crippen LogP contribution in [-0.2, 0) is 4.79 Å². The van der Waals surface area contributed by atoms with Crippen LogP contribution in [0.1, 0.15) is 31.8 Å². The van der Waals surface area contributed by atoms with Crippen LogP contribution in [0.3, 0.4) is 0 Å². The summed E-state index contributed by atoms with van der Waals surface area (Å²) in [5.74, 6) is -0.812. The normalized spacial score (nSPS) is 12.8. The second kappa shape index (κ2) is 8.35. The van der Waals surface area contributed by atoms with Gasteiger partial charge in [-0.05, 0) is 35.9 Å². The van der Waals surface area contributed by atoms with Crippen LogP contribution in [0.4, 0.5) is 5.69 Å². The van der Waals surface area contributed by atoms with Crippen LogP contribution >= 0.6 is 0 Å². The molecular weight excluding hydrogens is 408 g/mol. The third-order valence-corrected chi connectivity index (χ3v) is 5.15. The number of nitrogens with one attached hydrogen (secondary N) is 1. The van der Waals surface area contributed by atoms with Gasteiger partial charge in [0.25, 0.3) is 0 Å². The summed E-state index contributed by atoms with van der Waals surface area (Å²) in [6.07, 6.45) is 0. The summed E-state index contributed by atoms with van der Waals surface area (Å²) in [5, 5.41) is 2.85. The Kier molecular flexibility index (Phi) is 5.43. The second-order valence-electron chi connectivity index (χ2n) is 7.20. The van der Waals surface area contributed by atoms with Gasteiger partial charge in [-0.1, -0.05) is 24.3 Å². The maximum absolute atomic E-state index is 12.3. The van der Waals surface area contributed by atoms with Gasteiger partial charge in [0.2, 0.25) is 17.7 Å². The molecule has 0 saturated heterocycles. The predicted octanol–water partition coefficient (Wildman–Crippen LogP) is 2.35. The Morgan fingerprint density at radius 2 is 1.62 bits per heavy atom. The molecule has 8 heteroatoms. The van der Waals surface area contributed by atoms with E-state index in [1.165, 1.54) is 7.11 Å². The van der Waals surface area contributed by atoms with E-state index in [0.29, 0.717) is 39.4 Å². The van der Waals surface area contributed by atoms with Gasteiger partial charge in [0.15, 0.2) is 0 Å². The van der Waals surface area contributed by atoms with Crippen LogP contribution in [0.2, 0.25) is 0 Å². The summed E-state index contributed by atoms with van der Waals surface area (Å²) in [6.45, 7) is -0.0736. The van der Waals surface area contributed by atoms with Gasteiger partial charge in [-0.15, -0.1) is 0 Å². The number of ether oxygens (including phenoxy) is 1. The Morgan fingerprint density at radius 1 is 0.906 bits per heavy atom. The Bertz CT molecular complexity index is 1280. The van der Waals surface area contributed by atoms with Gasteiger partial charge in [0.1, 0.15) is 12.3 Å². The van der Waals surface area contributed by atoms with Gasteiger partial charge in [0, 0.05) is 33.9 Å². The molecule has 3 amide bonds. The number of aliphatic imine (C=N–C) groups is 1. The van der Waals surface area contributed by atoms with Gasteiger partial charge < -0.3 is 21.5 Å². The van der Waals surface area contributed by atoms with Gasteiger partial charge >= 0.3 is 0 Å². The molecule has 0 aromatic heterocycles. The fourth-order valence-electron chi connectivity index (χ4n) is 3.58. The number of primary amides is 2. The van der Waals surface area contributed by atoms with E-state index in [1.807, 2.05) is 6.07 Å². The number of methoxy groups -OCH3 is 1. The Balaban J connectivity index is 1.90. The van der Waals surface area contributed by atoms with E-state index in [9.17, 15) is 14.4 Å². The van der Waals surface area contributed by atoms with Crippen molar-refractivity contribution in [3.63, 3.8) is 0 Å². The maximum atomic E-state index is 12.3. The lowest BCUT2D eigenvalue weighted by Crippen LogP contribution is -2.13. The fraction of sp³-hybridized carbons (Fsp3) is 0.0833. The number of nitrogens with zero attached hydrogens (tertiary/aromatic N) is 1. The lowest BCUT2D eigenvalue weighted by molar-refractivity contribution is -0.114. The first kappa shape index (κ1) is 20.8. The highest BCUT2D eigenvalue weighted by Crippen LogP contribution is 2.37. The summed E-state index contributed by atoms with van der Waals surface area (Å²) in [5.41, 5.74) is 15.4. The molecule has 3 aromatic carbocycles. The molecule has 4 rings (SSSR count). The number of hydrogen-bond acceptors (Lipinski definition) is 5. The van der Waals surface area contributed by atoms with Crippen LogP contribution in [0.15, 0.2) is 65.7 Å². The molecule has 8 nitrogen and oxygen atoms in total. The number of benzodiazepines with no additional fused rings is 1. The Hall–Kier alpha value is -4.46. The molecule has 0 fully saturated rings. The predicted molar refractivity (Wildman–Crippen MR) is 121 cm³/mol. The van der Waals surface area contributed by atoms with Crippen molar-refractivity contribution in [2.75, 3.05) is 19.0 Å². The lowest BCUT2D eigenvalue weighted by atomic mass is 9.94. The average Bonchev–Trinajstić information content (AvgIpc) is 2.95. The number of benzene rings is 3. The topological polar surface area (TPSA) is 137 Å². The molecule has 32 heavy (non-hydrogen) atoms. The molecular formula is C24H20N4O4. The van der Waals surface area contributed by atoms with Crippen molar-refractivity contribution < 1.29 is 19.1 Å². The smallest absolute Gasteiger partial charge is 0.248 e. The zero-order valence-electron chi connectivity index (χ0n) is 17.2. The molecule has 0 spiro atoms. The minimum atomic E-state index is -0.555. The van der Waals surface area contributed by atoms with E-state index in [2.05, 4.69) is 10.3 Å². The first-order valence-corrected chi connectivity index (χ1v) is 9.74. The first-order valence-electron chi connectivity index (χ1n) is 9.74. The number of anilines is 1. The van der Waals surface area contributed by atoms with Crippen molar-refractivity contribution in [2.45, 2.75) is 0 Å². The lowest BCUT2D eigenvalue weighted by Gasteiger charge is -2.16. The highest BCUT2D eigenvalue weighted by atomic mass is 16.5. The molecule has 160 valence electrons. The van der Waals surface area contributed by atoms with Crippen molar-refractivity contribution in [3.8, 4) is 16.9 Å². The number of carbonyl (C=O) groups is 3. The molecule has 1 aliphatic heterocycles. The number of hydrogen-bond donors (Lipinski definition) is 3. The zero-order chi connectivity index (χ0) is 22.8. The van der Waals surface area contributed by atoms with Crippen molar-refractivity contribution in [2.24, 2.45) is 16.5 Å². The van der Waals surface area contributed by atoms with E-state index >= 15 is 0 Å². The van der Waals surface area contributed by atoms with Gasteiger partial charge in [-0.25, -0.2) is 0 Å². The summed E-state index contributed by atoms with van der Waals surface area (Å²) in [4.78, 5) is 39.9. The molecule has 0 saturated carbocycles. The number of fused-ring (bicyclic) bond motifs is 1. The van der Waals surface area contributed by atoms with E-state index in [4.69, 9.17) is 16.2 Å². The van der Waals surface area contributed by atoms with Gasteiger partial charge in [-0.3, -0.25) is 19.4 Å². The Morgan fingerprint density at radius 3 is 2.28 bits per heavy atom. The van der Waals surface area contributed by atoms with Crippen molar-refractivity contribution in [1.29, 1.82) is 0 Å². The molecule has 1 heterocycles. The minimum absolute atomic E-state index is 0.0736. The summed E-state index contributed by atoms with van der Waals surface area (Å²) < 4.78 is 5.57. The molecule has 3 aromatic rings. The quantitative estimate of drug-likeness (QED) is 0.574. The van der Waals surface area contributed by atoms with Crippen LogP contribution in [0.5, 0.6) is 5.75 Å². The third kappa shape index (κ3) is 3.93. The number of amides is 3. The molecule has 5 N–H and O–H groups in total. The highest BCUT2D eigenvalue weighted by molar-refractivity contribution is 6.20. The van der Waals surface area contributed by atoms with E-state index in [1.54, 1.807) is 54.6 Å². The summed E-state index contributed by atoms with van der Waals surface area (Å²) in [7, 11) is 1.53. The van der Waals surface area contributed by atoms with E-state index in [-0.39, 0.29) is 12.5 Å². The van der Waals surface area contributed by atoms with Gasteiger partial charge in [0.05, 0.1) is 18.5 Å². The van der Waals surface area contributed by atoms with Crippen LogP contribution in [0.25, 0.3) is 11.1 Å². The number of rotatable bonds is 5. The zero-order valence-corrected chi connectivity index (χ0v) is 17.2. The second-order valence-corrected chi connectivity index (χ2v) is 7.20. The molecule has 1 aliphatic rings. The Labute approximate surface area is 183 Å². The SMILES string of the molecule is COc1cc2c(cc1-c1ccc(C(N)=O)cc1)C(c1cccc(C(N)=O)c1)=NCC(=O)N2. The minimum Gasteiger partial charge on any atom is -0.496 e. The summed E-state index contributed by atoms with van der Waals surface area (Å²) >= 11 is 0. The number of carbonyl (C=O) groups excluding carboxylic acids is 3. The molecule has 0 radical (unpaired) electrons. The standard InChI is InChI=1S/C24H20N4O4/c1-32-20-11-19-18(10-17(20)13-5-7-14(8-6-13)23(25)30)22(27-12-21(29)28-19)15-3-2-4-16(9-15)24(26)31/h2-11H,12H2,1H3,(H2,25,30)(H2,26,31)(H,28,29). The third-order valence-electron chi connectivity index (χ3n) is 5.15. The average molecular weight is 428 g/mol. The number of nitrogens with two attached hydrogens (primary N) is 2. The molecule has 0 bridgehead atoms. The van der Waals surface area contributed by atoms with Crippen LogP contribution in [0, 0.1) is 0 Å². The molecule has 0 aliphatic carbocycles. The van der Waals surface area contributed by atoms with Crippen LogP contribution in [-0.4, -0.2) is 37.1 Å². The monoisotopic (exact) mass is 428 g/mol. The van der Waals surface area contributed by atoms with E-state index in [0.717, 1.165) is 11.1 Å². The van der Waals surface area contributed by atoms with Crippen molar-refractivity contribution in [3.05, 3.63) is 82.9 Å².